The first-order valence-electron chi connectivity index (χ1n) is 12.8. The summed E-state index contributed by atoms with van der Waals surface area (Å²) in [6.45, 7) is 0.537. The third-order valence-electron chi connectivity index (χ3n) is 6.95. The summed E-state index contributed by atoms with van der Waals surface area (Å²) in [7, 11) is 1.31. The topological polar surface area (TPSA) is 80.8 Å². The number of nitrogens with zero attached hydrogens (tertiary/aromatic N) is 2. The van der Waals surface area contributed by atoms with Crippen molar-refractivity contribution in [3.63, 3.8) is 0 Å². The van der Waals surface area contributed by atoms with Gasteiger partial charge in [0.25, 0.3) is 0 Å². The standard InChI is InChI=1S/C29H28ClF4N3O4/c1-40-25(38)20-12-14-37(15-13-20)27(39)36-28(17-19-6-3-2-4-7-19,24-11-10-22(30)18-35-24)21-8-5-9-23(16-21)41-29(33,34)26(31)32/h2-11,16,18,20,26H,12-15,17H2,1H3,(H,36,39)/t28-/m0/s1. The van der Waals surface area contributed by atoms with Gasteiger partial charge >= 0.3 is 24.5 Å². The SMILES string of the molecule is COC(=O)C1CCN(C(=O)N[C@@](Cc2ccccc2)(c2cccc(OC(F)(F)C(F)F)c2)c2ccc(Cl)cn2)CC1. The van der Waals surface area contributed by atoms with Crippen LogP contribution in [0.3, 0.4) is 0 Å². The van der Waals surface area contributed by atoms with Crippen LogP contribution < -0.4 is 10.1 Å². The molecule has 7 nitrogen and oxygen atoms in total. The number of hydrogen-bond acceptors (Lipinski definition) is 5. The lowest BCUT2D eigenvalue weighted by molar-refractivity contribution is -0.253. The summed E-state index contributed by atoms with van der Waals surface area (Å²) in [5.41, 5.74) is -0.127. The molecule has 2 aromatic carbocycles. The molecule has 0 spiro atoms. The van der Waals surface area contributed by atoms with Crippen molar-refractivity contribution >= 4 is 23.6 Å². The van der Waals surface area contributed by atoms with E-state index in [1.807, 2.05) is 18.2 Å². The van der Waals surface area contributed by atoms with Crippen molar-refractivity contribution in [3.8, 4) is 5.75 Å². The molecule has 0 saturated carbocycles. The minimum Gasteiger partial charge on any atom is -0.469 e. The summed E-state index contributed by atoms with van der Waals surface area (Å²) >= 11 is 6.10. The van der Waals surface area contributed by atoms with E-state index >= 15 is 0 Å². The number of urea groups is 1. The second-order valence-corrected chi connectivity index (χ2v) is 10.1. The van der Waals surface area contributed by atoms with Crippen LogP contribution in [0.5, 0.6) is 5.75 Å². The Labute approximate surface area is 239 Å². The minimum atomic E-state index is -4.73. The van der Waals surface area contributed by atoms with E-state index < -0.39 is 29.9 Å². The van der Waals surface area contributed by atoms with Crippen LogP contribution in [-0.2, 0) is 21.5 Å². The fourth-order valence-corrected chi connectivity index (χ4v) is 4.94. The zero-order valence-electron chi connectivity index (χ0n) is 22.0. The molecule has 0 bridgehead atoms. The Balaban J connectivity index is 1.78. The van der Waals surface area contributed by atoms with Crippen LogP contribution in [0.1, 0.15) is 29.7 Å². The van der Waals surface area contributed by atoms with Gasteiger partial charge in [-0.05, 0) is 48.2 Å². The molecule has 1 aliphatic rings. The van der Waals surface area contributed by atoms with Gasteiger partial charge in [-0.25, -0.2) is 4.79 Å². The van der Waals surface area contributed by atoms with Crippen LogP contribution >= 0.6 is 11.6 Å². The number of amides is 2. The third kappa shape index (κ3) is 7.08. The van der Waals surface area contributed by atoms with E-state index in [4.69, 9.17) is 16.3 Å². The van der Waals surface area contributed by atoms with Gasteiger partial charge in [0, 0.05) is 25.7 Å². The van der Waals surface area contributed by atoms with Crippen LogP contribution in [-0.4, -0.2) is 54.6 Å². The first kappa shape index (κ1) is 30.1. The fraction of sp³-hybridized carbons (Fsp3) is 0.345. The van der Waals surface area contributed by atoms with Gasteiger partial charge in [0.2, 0.25) is 0 Å². The number of halogens is 5. The molecule has 2 heterocycles. The third-order valence-corrected chi connectivity index (χ3v) is 7.17. The predicted molar refractivity (Wildman–Crippen MR) is 143 cm³/mol. The lowest BCUT2D eigenvalue weighted by Crippen LogP contribution is -2.55. The summed E-state index contributed by atoms with van der Waals surface area (Å²) < 4.78 is 62.7. The molecule has 41 heavy (non-hydrogen) atoms. The monoisotopic (exact) mass is 593 g/mol. The van der Waals surface area contributed by atoms with Gasteiger partial charge in [0.05, 0.1) is 23.7 Å². The highest BCUT2D eigenvalue weighted by Crippen LogP contribution is 2.37. The molecule has 0 unspecified atom stereocenters. The van der Waals surface area contributed by atoms with Crippen LogP contribution in [0.4, 0.5) is 22.4 Å². The smallest absolute Gasteiger partial charge is 0.461 e. The molecule has 218 valence electrons. The van der Waals surface area contributed by atoms with Crippen molar-refractivity contribution in [2.75, 3.05) is 20.2 Å². The van der Waals surface area contributed by atoms with Gasteiger partial charge in [-0.3, -0.25) is 9.78 Å². The number of carbonyl (C=O) groups excluding carboxylic acids is 2. The quantitative estimate of drug-likeness (QED) is 0.241. The highest BCUT2D eigenvalue weighted by molar-refractivity contribution is 6.30. The molecule has 4 rings (SSSR count). The van der Waals surface area contributed by atoms with Crippen molar-refractivity contribution < 1.29 is 36.6 Å². The molecule has 3 aromatic rings. The Hall–Kier alpha value is -3.86. The summed E-state index contributed by atoms with van der Waals surface area (Å²) in [6.07, 6.45) is -6.48. The number of esters is 1. The number of ether oxygens (including phenoxy) is 2. The van der Waals surface area contributed by atoms with Gasteiger partial charge in [0.15, 0.2) is 0 Å². The second kappa shape index (κ2) is 12.8. The van der Waals surface area contributed by atoms with E-state index in [9.17, 15) is 27.2 Å². The summed E-state index contributed by atoms with van der Waals surface area (Å²) in [5, 5.41) is 3.37. The van der Waals surface area contributed by atoms with Gasteiger partial charge in [0.1, 0.15) is 11.3 Å². The highest BCUT2D eigenvalue weighted by atomic mass is 35.5. The maximum atomic E-state index is 13.8. The molecular formula is C29H28ClF4N3O4. The summed E-state index contributed by atoms with van der Waals surface area (Å²) in [5.74, 6) is -1.19. The number of carbonyl (C=O) groups is 2. The number of alkyl halides is 4. The molecule has 1 aromatic heterocycles. The molecule has 1 fully saturated rings. The predicted octanol–water partition coefficient (Wildman–Crippen LogP) is 6.05. The van der Waals surface area contributed by atoms with Crippen LogP contribution in [0.15, 0.2) is 72.9 Å². The minimum absolute atomic E-state index is 0.113. The molecule has 1 aliphatic heterocycles. The van der Waals surface area contributed by atoms with Crippen LogP contribution in [0.2, 0.25) is 5.02 Å². The summed E-state index contributed by atoms with van der Waals surface area (Å²) in [4.78, 5) is 31.7. The van der Waals surface area contributed by atoms with Gasteiger partial charge < -0.3 is 19.7 Å². The Kier molecular flexibility index (Phi) is 9.37. The number of piperidine rings is 1. The number of pyridine rings is 1. The second-order valence-electron chi connectivity index (χ2n) is 9.64. The lowest BCUT2D eigenvalue weighted by atomic mass is 9.80. The first-order chi connectivity index (χ1) is 19.5. The molecule has 1 atom stereocenters. The highest BCUT2D eigenvalue weighted by Gasteiger charge is 2.45. The van der Waals surface area contributed by atoms with E-state index in [-0.39, 0.29) is 37.0 Å². The number of nitrogens with one attached hydrogen (secondary N) is 1. The van der Waals surface area contributed by atoms with Gasteiger partial charge in [-0.1, -0.05) is 54.1 Å². The van der Waals surface area contributed by atoms with Crippen molar-refractivity contribution in [1.82, 2.24) is 15.2 Å². The van der Waals surface area contributed by atoms with E-state index in [0.717, 1.165) is 11.6 Å². The molecule has 2 amide bonds. The van der Waals surface area contributed by atoms with E-state index in [0.29, 0.717) is 23.6 Å². The number of rotatable bonds is 9. The number of hydrogen-bond donors (Lipinski definition) is 1. The molecular weight excluding hydrogens is 566 g/mol. The average Bonchev–Trinajstić information content (AvgIpc) is 2.97. The largest absolute Gasteiger partial charge is 0.469 e. The molecule has 0 aliphatic carbocycles. The Morgan fingerprint density at radius 1 is 1.07 bits per heavy atom. The van der Waals surface area contributed by atoms with Crippen molar-refractivity contribution in [1.29, 1.82) is 0 Å². The maximum absolute atomic E-state index is 13.8. The summed E-state index contributed by atoms with van der Waals surface area (Å²) in [6, 6.07) is 17.0. The van der Waals surface area contributed by atoms with Crippen LogP contribution in [0, 0.1) is 5.92 Å². The van der Waals surface area contributed by atoms with Gasteiger partial charge in [-0.15, -0.1) is 0 Å². The average molecular weight is 594 g/mol. The van der Waals surface area contributed by atoms with E-state index in [1.165, 1.54) is 25.4 Å². The Morgan fingerprint density at radius 3 is 2.39 bits per heavy atom. The lowest BCUT2D eigenvalue weighted by Gasteiger charge is -2.39. The zero-order valence-corrected chi connectivity index (χ0v) is 22.8. The van der Waals surface area contributed by atoms with E-state index in [2.05, 4.69) is 15.0 Å². The number of benzene rings is 2. The van der Waals surface area contributed by atoms with Gasteiger partial charge in [-0.2, -0.15) is 17.6 Å². The Morgan fingerprint density at radius 2 is 1.78 bits per heavy atom. The van der Waals surface area contributed by atoms with E-state index in [1.54, 1.807) is 35.2 Å². The van der Waals surface area contributed by atoms with Crippen molar-refractivity contribution in [3.05, 3.63) is 94.8 Å². The number of aromatic nitrogens is 1. The van der Waals surface area contributed by atoms with Crippen LogP contribution in [0.25, 0.3) is 0 Å². The van der Waals surface area contributed by atoms with Crippen molar-refractivity contribution in [2.24, 2.45) is 5.92 Å². The Bertz CT molecular complexity index is 1340. The molecule has 12 heteroatoms. The maximum Gasteiger partial charge on any atom is 0.461 e. The first-order valence-corrected chi connectivity index (χ1v) is 13.2. The fourth-order valence-electron chi connectivity index (χ4n) is 4.82. The number of likely N-dealkylation sites (tertiary alicyclic amines) is 1. The zero-order chi connectivity index (χ0) is 29.6. The number of methoxy groups -OCH3 is 1. The normalized spacial score (nSPS) is 15.7. The van der Waals surface area contributed by atoms with Crippen molar-refractivity contribution in [2.45, 2.75) is 37.3 Å². The molecule has 1 saturated heterocycles. The molecule has 0 radical (unpaired) electrons. The molecule has 1 N–H and O–H groups in total.